The Hall–Kier alpha value is -1.63. The Labute approximate surface area is 183 Å². The van der Waals surface area contributed by atoms with Gasteiger partial charge in [0.1, 0.15) is 6.04 Å². The van der Waals surface area contributed by atoms with Gasteiger partial charge in [0.05, 0.1) is 0 Å². The van der Waals surface area contributed by atoms with E-state index in [9.17, 15) is 14.4 Å². The van der Waals surface area contributed by atoms with E-state index in [4.69, 9.17) is 10.2 Å². The Bertz CT molecular complexity index is 434. The van der Waals surface area contributed by atoms with Gasteiger partial charge in [0, 0.05) is 12.8 Å². The van der Waals surface area contributed by atoms with Crippen molar-refractivity contribution >= 4 is 17.8 Å². The lowest BCUT2D eigenvalue weighted by molar-refractivity contribution is -0.143. The van der Waals surface area contributed by atoms with Crippen LogP contribution in [0.2, 0.25) is 0 Å². The number of carbonyl (C=O) groups excluding carboxylic acids is 1. The summed E-state index contributed by atoms with van der Waals surface area (Å²) in [6, 6.07) is -1.11. The van der Waals surface area contributed by atoms with Gasteiger partial charge in [-0.2, -0.15) is 0 Å². The third kappa shape index (κ3) is 21.1. The number of unbranched alkanes of at least 4 members (excludes halogenated alkanes) is 8. The number of amides is 1. The van der Waals surface area contributed by atoms with Gasteiger partial charge in [-0.25, -0.2) is 4.79 Å². The van der Waals surface area contributed by atoms with Crippen molar-refractivity contribution in [3.05, 3.63) is 0 Å². The Morgan fingerprint density at radius 3 is 1.57 bits per heavy atom. The molecule has 0 bridgehead atoms. The van der Waals surface area contributed by atoms with Crippen molar-refractivity contribution in [1.29, 1.82) is 0 Å². The Kier molecular flexibility index (Phi) is 22.5. The van der Waals surface area contributed by atoms with Gasteiger partial charge in [0.25, 0.3) is 0 Å². The zero-order valence-corrected chi connectivity index (χ0v) is 19.8. The van der Waals surface area contributed by atoms with Crippen LogP contribution in [0.1, 0.15) is 105 Å². The van der Waals surface area contributed by atoms with Crippen LogP contribution in [-0.2, 0) is 14.4 Å². The minimum absolute atomic E-state index is 0.0891. The summed E-state index contributed by atoms with van der Waals surface area (Å²) in [6.45, 7) is 12.3. The van der Waals surface area contributed by atoms with Gasteiger partial charge >= 0.3 is 11.9 Å². The minimum Gasteiger partial charge on any atom is -0.481 e. The maximum Gasteiger partial charge on any atom is 0.326 e. The highest BCUT2D eigenvalue weighted by Crippen LogP contribution is 2.10. The fourth-order valence-corrected chi connectivity index (χ4v) is 3.06. The van der Waals surface area contributed by atoms with Crippen LogP contribution in [0.25, 0.3) is 0 Å². The summed E-state index contributed by atoms with van der Waals surface area (Å²) in [6.07, 6.45) is 10.3. The SMILES string of the molecule is CCCCCCCCCCCC(=O)N[C@@H](CCC(=O)O)C(=O)O.CCN(CC)CC. The van der Waals surface area contributed by atoms with Crippen LogP contribution in [0.5, 0.6) is 0 Å². The molecule has 0 heterocycles. The summed E-state index contributed by atoms with van der Waals surface area (Å²) in [5.41, 5.74) is 0. The van der Waals surface area contributed by atoms with E-state index in [1.165, 1.54) is 58.2 Å². The normalized spacial score (nSPS) is 11.5. The third-order valence-electron chi connectivity index (χ3n) is 5.13. The van der Waals surface area contributed by atoms with Crippen LogP contribution in [0, 0.1) is 0 Å². The summed E-state index contributed by atoms with van der Waals surface area (Å²) in [7, 11) is 0. The van der Waals surface area contributed by atoms with Gasteiger partial charge in [-0.15, -0.1) is 0 Å². The molecular formula is C23H46N2O5. The first-order chi connectivity index (χ1) is 14.3. The van der Waals surface area contributed by atoms with Gasteiger partial charge in [-0.1, -0.05) is 79.1 Å². The molecule has 0 unspecified atom stereocenters. The first kappa shape index (κ1) is 30.6. The summed E-state index contributed by atoms with van der Waals surface area (Å²) in [5, 5.41) is 19.9. The van der Waals surface area contributed by atoms with Gasteiger partial charge in [-0.05, 0) is 32.5 Å². The maximum absolute atomic E-state index is 11.7. The molecule has 0 aliphatic rings. The minimum atomic E-state index is -1.19. The van der Waals surface area contributed by atoms with Crippen molar-refractivity contribution in [2.24, 2.45) is 0 Å². The third-order valence-corrected chi connectivity index (χ3v) is 5.13. The molecule has 0 spiro atoms. The molecule has 0 aliphatic heterocycles. The van der Waals surface area contributed by atoms with Gasteiger partial charge in [0.15, 0.2) is 0 Å². The fourth-order valence-electron chi connectivity index (χ4n) is 3.06. The lowest BCUT2D eigenvalue weighted by Crippen LogP contribution is -2.41. The molecular weight excluding hydrogens is 384 g/mol. The van der Waals surface area contributed by atoms with E-state index < -0.39 is 18.0 Å². The second kappa shape index (κ2) is 22.1. The molecule has 7 nitrogen and oxygen atoms in total. The molecule has 0 saturated carbocycles. The maximum atomic E-state index is 11.7. The van der Waals surface area contributed by atoms with Crippen LogP contribution in [0.15, 0.2) is 0 Å². The molecule has 0 fully saturated rings. The van der Waals surface area contributed by atoms with E-state index in [1.54, 1.807) is 0 Å². The van der Waals surface area contributed by atoms with Crippen LogP contribution < -0.4 is 5.32 Å². The number of rotatable bonds is 18. The highest BCUT2D eigenvalue weighted by Gasteiger charge is 2.20. The fraction of sp³-hybridized carbons (Fsp3) is 0.870. The number of aliphatic carboxylic acids is 2. The predicted molar refractivity (Wildman–Crippen MR) is 122 cm³/mol. The standard InChI is InChI=1S/C17H31NO5.C6H15N/c1-2-3-4-5-6-7-8-9-10-11-15(19)18-14(17(22)23)12-13-16(20)21;1-4-7(5-2)6-3/h14H,2-13H2,1H3,(H,18,19)(H,20,21)(H,22,23);4-6H2,1-3H3/t14-;/m0./s1. The number of carbonyl (C=O) groups is 3. The molecule has 0 rings (SSSR count). The van der Waals surface area contributed by atoms with Crippen molar-refractivity contribution in [2.75, 3.05) is 19.6 Å². The molecule has 0 saturated heterocycles. The molecule has 0 aliphatic carbocycles. The molecule has 0 radical (unpaired) electrons. The van der Waals surface area contributed by atoms with Crippen LogP contribution in [0.3, 0.4) is 0 Å². The van der Waals surface area contributed by atoms with E-state index in [0.717, 1.165) is 19.3 Å². The van der Waals surface area contributed by atoms with Gasteiger partial charge in [-0.3, -0.25) is 9.59 Å². The second-order valence-electron chi connectivity index (χ2n) is 7.59. The Morgan fingerprint density at radius 2 is 1.20 bits per heavy atom. The average molecular weight is 431 g/mol. The zero-order chi connectivity index (χ0) is 23.2. The molecule has 0 aromatic rings. The summed E-state index contributed by atoms with van der Waals surface area (Å²) >= 11 is 0. The van der Waals surface area contributed by atoms with Gasteiger partial charge < -0.3 is 20.4 Å². The molecule has 1 amide bonds. The molecule has 3 N–H and O–H groups in total. The smallest absolute Gasteiger partial charge is 0.326 e. The highest BCUT2D eigenvalue weighted by atomic mass is 16.4. The van der Waals surface area contributed by atoms with Crippen LogP contribution in [-0.4, -0.2) is 58.6 Å². The quantitative estimate of drug-likeness (QED) is 0.272. The largest absolute Gasteiger partial charge is 0.481 e. The lowest BCUT2D eigenvalue weighted by Gasteiger charge is -2.13. The van der Waals surface area contributed by atoms with E-state index in [0.29, 0.717) is 6.42 Å². The zero-order valence-electron chi connectivity index (χ0n) is 19.8. The number of nitrogens with one attached hydrogen (secondary N) is 1. The number of carboxylic acid groups (broad SMARTS) is 2. The first-order valence-corrected chi connectivity index (χ1v) is 11.8. The Morgan fingerprint density at radius 1 is 0.733 bits per heavy atom. The topological polar surface area (TPSA) is 107 Å². The van der Waals surface area contributed by atoms with Crippen molar-refractivity contribution < 1.29 is 24.6 Å². The predicted octanol–water partition coefficient (Wildman–Crippen LogP) is 4.69. The van der Waals surface area contributed by atoms with Crippen LogP contribution >= 0.6 is 0 Å². The first-order valence-electron chi connectivity index (χ1n) is 11.8. The average Bonchev–Trinajstić information content (AvgIpc) is 2.71. The van der Waals surface area contributed by atoms with Crippen molar-refractivity contribution in [3.63, 3.8) is 0 Å². The van der Waals surface area contributed by atoms with E-state index in [-0.39, 0.29) is 18.7 Å². The summed E-state index contributed by atoms with van der Waals surface area (Å²) in [5.74, 6) is -2.57. The van der Waals surface area contributed by atoms with Crippen molar-refractivity contribution in [3.8, 4) is 0 Å². The molecule has 30 heavy (non-hydrogen) atoms. The second-order valence-corrected chi connectivity index (χ2v) is 7.59. The number of nitrogens with zero attached hydrogens (tertiary/aromatic N) is 1. The van der Waals surface area contributed by atoms with Crippen molar-refractivity contribution in [1.82, 2.24) is 10.2 Å². The van der Waals surface area contributed by atoms with Crippen molar-refractivity contribution in [2.45, 2.75) is 111 Å². The van der Waals surface area contributed by atoms with Gasteiger partial charge in [0.2, 0.25) is 5.91 Å². The van der Waals surface area contributed by atoms with E-state index >= 15 is 0 Å². The summed E-state index contributed by atoms with van der Waals surface area (Å²) < 4.78 is 0. The molecule has 178 valence electrons. The molecule has 0 aromatic carbocycles. The Balaban J connectivity index is 0. The number of hydrogen-bond donors (Lipinski definition) is 3. The van der Waals surface area contributed by atoms with Crippen LogP contribution in [0.4, 0.5) is 0 Å². The number of hydrogen-bond acceptors (Lipinski definition) is 4. The molecule has 7 heteroatoms. The molecule has 1 atom stereocenters. The van der Waals surface area contributed by atoms with E-state index in [2.05, 4.69) is 37.9 Å². The highest BCUT2D eigenvalue weighted by molar-refractivity contribution is 5.83. The lowest BCUT2D eigenvalue weighted by atomic mass is 10.1. The summed E-state index contributed by atoms with van der Waals surface area (Å²) in [4.78, 5) is 35.5. The monoisotopic (exact) mass is 430 g/mol. The number of carboxylic acids is 2. The van der Waals surface area contributed by atoms with E-state index in [1.807, 2.05) is 0 Å². The molecule has 0 aromatic heterocycles.